The Kier molecular flexibility index (Phi) is 7.08. The predicted octanol–water partition coefficient (Wildman–Crippen LogP) is 5.50. The number of carbonyl (C=O) groups excluding carboxylic acids is 1. The summed E-state index contributed by atoms with van der Waals surface area (Å²) in [6.45, 7) is 3.26. The summed E-state index contributed by atoms with van der Waals surface area (Å²) in [5.41, 5.74) is 0.480. The fourth-order valence-corrected chi connectivity index (χ4v) is 3.63. The number of hydrogen-bond donors (Lipinski definition) is 1. The van der Waals surface area contributed by atoms with E-state index in [1.54, 1.807) is 6.92 Å². The zero-order chi connectivity index (χ0) is 26.7. The number of ether oxygens (including phenoxy) is 1. The summed E-state index contributed by atoms with van der Waals surface area (Å²) in [6, 6.07) is 8.86. The summed E-state index contributed by atoms with van der Waals surface area (Å²) < 4.78 is 46.2. The first-order valence-electron chi connectivity index (χ1n) is 10.7. The van der Waals surface area contributed by atoms with E-state index in [1.807, 2.05) is 6.07 Å². The first kappa shape index (κ1) is 25.6. The number of carbonyl (C=O) groups is 1. The molecule has 188 valence electrons. The first-order valence-corrected chi connectivity index (χ1v) is 11.1. The Hall–Kier alpha value is -4.50. The minimum atomic E-state index is -4.68. The van der Waals surface area contributed by atoms with Crippen molar-refractivity contribution in [2.24, 2.45) is 0 Å². The standard InChI is InChI=1S/C24H17ClF3N7O2/c1-3-37-22(36)16-7-15(10-30-11-16)19-12-31-23(32-18-6-14(9-29)5-17(25)8-18)33-21(19)35-13(2)4-20(34-35)24(26,27)28/h4-8,10-12H,3H2,1-2H3,(H,31,32,33). The van der Waals surface area contributed by atoms with Crippen LogP contribution in [-0.2, 0) is 10.9 Å². The first-order chi connectivity index (χ1) is 17.6. The molecule has 37 heavy (non-hydrogen) atoms. The molecule has 0 aliphatic heterocycles. The molecule has 0 amide bonds. The van der Waals surface area contributed by atoms with Gasteiger partial charge in [-0.25, -0.2) is 14.5 Å². The molecular weight excluding hydrogens is 511 g/mol. The molecule has 0 spiro atoms. The molecular formula is C24H17ClF3N7O2. The second kappa shape index (κ2) is 10.2. The van der Waals surface area contributed by atoms with E-state index in [0.29, 0.717) is 11.3 Å². The van der Waals surface area contributed by atoms with Crippen LogP contribution in [0.25, 0.3) is 16.9 Å². The van der Waals surface area contributed by atoms with Crippen LogP contribution in [-0.4, -0.2) is 37.3 Å². The number of nitriles is 1. The number of rotatable bonds is 6. The van der Waals surface area contributed by atoms with Crippen LogP contribution in [0.3, 0.4) is 0 Å². The van der Waals surface area contributed by atoms with Gasteiger partial charge in [-0.2, -0.15) is 28.5 Å². The van der Waals surface area contributed by atoms with Gasteiger partial charge in [-0.15, -0.1) is 0 Å². The number of anilines is 2. The van der Waals surface area contributed by atoms with E-state index in [4.69, 9.17) is 16.3 Å². The van der Waals surface area contributed by atoms with Crippen LogP contribution in [0.1, 0.15) is 34.2 Å². The van der Waals surface area contributed by atoms with E-state index >= 15 is 0 Å². The van der Waals surface area contributed by atoms with E-state index in [9.17, 15) is 23.2 Å². The molecule has 0 unspecified atom stereocenters. The Bertz CT molecular complexity index is 1530. The number of alkyl halides is 3. The van der Waals surface area contributed by atoms with Crippen molar-refractivity contribution in [2.45, 2.75) is 20.0 Å². The van der Waals surface area contributed by atoms with Gasteiger partial charge in [-0.05, 0) is 44.2 Å². The van der Waals surface area contributed by atoms with Gasteiger partial charge in [0.25, 0.3) is 0 Å². The molecule has 0 aliphatic carbocycles. The monoisotopic (exact) mass is 527 g/mol. The van der Waals surface area contributed by atoms with Crippen LogP contribution in [0.2, 0.25) is 5.02 Å². The SMILES string of the molecule is CCOC(=O)c1cncc(-c2cnc(Nc3cc(Cl)cc(C#N)c3)nc2-n2nc(C(F)(F)F)cc2C)c1. The molecule has 0 saturated heterocycles. The van der Waals surface area contributed by atoms with Crippen LogP contribution in [0.5, 0.6) is 0 Å². The minimum Gasteiger partial charge on any atom is -0.462 e. The lowest BCUT2D eigenvalue weighted by Crippen LogP contribution is -2.11. The highest BCUT2D eigenvalue weighted by Gasteiger charge is 2.35. The van der Waals surface area contributed by atoms with Crippen molar-refractivity contribution < 1.29 is 22.7 Å². The van der Waals surface area contributed by atoms with Gasteiger partial charge in [-0.3, -0.25) is 4.98 Å². The molecule has 9 nitrogen and oxygen atoms in total. The number of hydrogen-bond acceptors (Lipinski definition) is 8. The summed E-state index contributed by atoms with van der Waals surface area (Å²) in [4.78, 5) is 24.9. The average Bonchev–Trinajstić information content (AvgIpc) is 3.26. The Morgan fingerprint density at radius 3 is 2.65 bits per heavy atom. The van der Waals surface area contributed by atoms with Crippen LogP contribution < -0.4 is 5.32 Å². The van der Waals surface area contributed by atoms with Crippen LogP contribution >= 0.6 is 11.6 Å². The van der Waals surface area contributed by atoms with Gasteiger partial charge in [0.15, 0.2) is 11.5 Å². The number of esters is 1. The zero-order valence-corrected chi connectivity index (χ0v) is 20.1. The molecule has 3 aromatic heterocycles. The molecule has 0 radical (unpaired) electrons. The topological polar surface area (TPSA) is 119 Å². The van der Waals surface area contributed by atoms with Gasteiger partial charge in [0.05, 0.1) is 23.8 Å². The third-order valence-corrected chi connectivity index (χ3v) is 5.21. The summed E-state index contributed by atoms with van der Waals surface area (Å²) in [6.07, 6.45) is -0.590. The van der Waals surface area contributed by atoms with Crippen molar-refractivity contribution in [1.29, 1.82) is 5.26 Å². The highest BCUT2D eigenvalue weighted by atomic mass is 35.5. The summed E-state index contributed by atoms with van der Waals surface area (Å²) in [5.74, 6) is -0.611. The number of halogens is 4. The predicted molar refractivity (Wildman–Crippen MR) is 128 cm³/mol. The second-order valence-electron chi connectivity index (χ2n) is 7.66. The normalized spacial score (nSPS) is 11.2. The van der Waals surface area contributed by atoms with Gasteiger partial charge < -0.3 is 10.1 Å². The van der Waals surface area contributed by atoms with Gasteiger partial charge in [0.2, 0.25) is 5.95 Å². The van der Waals surface area contributed by atoms with Gasteiger partial charge in [0.1, 0.15) is 0 Å². The number of nitrogens with zero attached hydrogens (tertiary/aromatic N) is 6. The number of nitrogens with one attached hydrogen (secondary N) is 1. The van der Waals surface area contributed by atoms with Crippen LogP contribution in [0.15, 0.2) is 48.9 Å². The lowest BCUT2D eigenvalue weighted by atomic mass is 10.1. The summed E-state index contributed by atoms with van der Waals surface area (Å²) >= 11 is 6.06. The summed E-state index contributed by atoms with van der Waals surface area (Å²) in [5, 5.41) is 16.1. The molecule has 4 rings (SSSR count). The number of pyridine rings is 1. The maximum atomic E-state index is 13.4. The molecule has 0 atom stereocenters. The van der Waals surface area contributed by atoms with E-state index in [-0.39, 0.29) is 45.8 Å². The Balaban J connectivity index is 1.86. The van der Waals surface area contributed by atoms with Crippen molar-refractivity contribution >= 4 is 29.2 Å². The number of aryl methyl sites for hydroxylation is 1. The van der Waals surface area contributed by atoms with Crippen molar-refractivity contribution in [1.82, 2.24) is 24.7 Å². The molecule has 0 aliphatic rings. The summed E-state index contributed by atoms with van der Waals surface area (Å²) in [7, 11) is 0. The largest absolute Gasteiger partial charge is 0.462 e. The Labute approximate surface area is 213 Å². The van der Waals surface area contributed by atoms with Crippen molar-refractivity contribution in [3.63, 3.8) is 0 Å². The van der Waals surface area contributed by atoms with Gasteiger partial charge >= 0.3 is 12.1 Å². The second-order valence-corrected chi connectivity index (χ2v) is 8.10. The van der Waals surface area contributed by atoms with Crippen molar-refractivity contribution in [3.8, 4) is 23.0 Å². The fourth-order valence-electron chi connectivity index (χ4n) is 3.39. The molecule has 0 saturated carbocycles. The third-order valence-electron chi connectivity index (χ3n) is 4.99. The highest BCUT2D eigenvalue weighted by molar-refractivity contribution is 6.31. The zero-order valence-electron chi connectivity index (χ0n) is 19.3. The van der Waals surface area contributed by atoms with Crippen molar-refractivity contribution in [2.75, 3.05) is 11.9 Å². The fraction of sp³-hybridized carbons (Fsp3) is 0.167. The highest BCUT2D eigenvalue weighted by Crippen LogP contribution is 2.32. The maximum Gasteiger partial charge on any atom is 0.435 e. The third kappa shape index (κ3) is 5.68. The van der Waals surface area contributed by atoms with E-state index < -0.39 is 17.8 Å². The van der Waals surface area contributed by atoms with E-state index in [1.165, 1.54) is 49.8 Å². The van der Waals surface area contributed by atoms with E-state index in [0.717, 1.165) is 10.7 Å². The Morgan fingerprint density at radius 2 is 1.97 bits per heavy atom. The Morgan fingerprint density at radius 1 is 1.19 bits per heavy atom. The molecule has 13 heteroatoms. The smallest absolute Gasteiger partial charge is 0.435 e. The minimum absolute atomic E-state index is 0.00266. The number of benzene rings is 1. The molecule has 1 aromatic carbocycles. The maximum absolute atomic E-state index is 13.4. The van der Waals surface area contributed by atoms with E-state index in [2.05, 4.69) is 25.4 Å². The molecule has 0 bridgehead atoms. The molecule has 0 fully saturated rings. The van der Waals surface area contributed by atoms with Crippen molar-refractivity contribution in [3.05, 3.63) is 76.5 Å². The lowest BCUT2D eigenvalue weighted by Gasteiger charge is -2.13. The number of aromatic nitrogens is 5. The molecule has 3 heterocycles. The van der Waals surface area contributed by atoms with Gasteiger partial charge in [-0.1, -0.05) is 11.6 Å². The van der Waals surface area contributed by atoms with Crippen LogP contribution in [0, 0.1) is 18.3 Å². The average molecular weight is 528 g/mol. The van der Waals surface area contributed by atoms with Crippen LogP contribution in [0.4, 0.5) is 24.8 Å². The molecule has 1 N–H and O–H groups in total. The quantitative estimate of drug-likeness (QED) is 0.327. The lowest BCUT2D eigenvalue weighted by molar-refractivity contribution is -0.141. The molecule has 4 aromatic rings. The van der Waals surface area contributed by atoms with Gasteiger partial charge in [0, 0.05) is 46.1 Å².